The smallest absolute Gasteiger partial charge is 0.136 e. The van der Waals surface area contributed by atoms with Gasteiger partial charge in [-0.1, -0.05) is 188 Å². The second kappa shape index (κ2) is 16.9. The molecule has 2 heterocycles. The Hall–Kier alpha value is -9.18. The van der Waals surface area contributed by atoms with E-state index in [0.717, 1.165) is 72.5 Å². The number of furan rings is 1. The molecule has 0 bridgehead atoms. The molecule has 0 radical (unpaired) electrons. The highest BCUT2D eigenvalue weighted by atomic mass is 16.3. The average Bonchev–Trinajstić information content (AvgIpc) is 3.98. The van der Waals surface area contributed by atoms with E-state index in [1.54, 1.807) is 0 Å². The molecule has 0 amide bonds. The van der Waals surface area contributed by atoms with Crippen LogP contribution >= 0.6 is 0 Å². The number of anilines is 3. The van der Waals surface area contributed by atoms with Crippen molar-refractivity contribution < 1.29 is 4.42 Å². The van der Waals surface area contributed by atoms with Crippen LogP contribution in [0.25, 0.3) is 105 Å². The van der Waals surface area contributed by atoms with Gasteiger partial charge in [-0.25, -0.2) is 0 Å². The van der Waals surface area contributed by atoms with E-state index >= 15 is 0 Å². The molecule has 13 aromatic rings. The number of hydrogen-bond donors (Lipinski definition) is 0. The number of benzene rings is 11. The van der Waals surface area contributed by atoms with Gasteiger partial charge < -0.3 is 13.9 Å². The van der Waals surface area contributed by atoms with Crippen LogP contribution in [-0.4, -0.2) is 4.57 Å². The Balaban J connectivity index is 0.851. The normalized spacial score (nSPS) is 11.5. The number of para-hydroxylation sites is 3. The molecular weight excluding hydrogens is 837 g/mol. The summed E-state index contributed by atoms with van der Waals surface area (Å²) < 4.78 is 8.62. The van der Waals surface area contributed by atoms with Crippen LogP contribution in [0.4, 0.5) is 17.1 Å². The molecule has 3 heteroatoms. The van der Waals surface area contributed by atoms with Crippen molar-refractivity contribution in [2.24, 2.45) is 0 Å². The topological polar surface area (TPSA) is 21.3 Å². The van der Waals surface area contributed by atoms with Crippen LogP contribution in [0, 0.1) is 0 Å². The molecule has 0 saturated heterocycles. The highest BCUT2D eigenvalue weighted by Gasteiger charge is 2.17. The molecule has 0 N–H and O–H groups in total. The second-order valence-corrected chi connectivity index (χ2v) is 17.7. The monoisotopic (exact) mass is 880 g/mol. The van der Waals surface area contributed by atoms with Crippen molar-refractivity contribution in [3.05, 3.63) is 267 Å². The van der Waals surface area contributed by atoms with E-state index in [-0.39, 0.29) is 0 Å². The first-order chi connectivity index (χ1) is 34.2. The Morgan fingerprint density at radius 2 is 0.710 bits per heavy atom. The van der Waals surface area contributed by atoms with E-state index in [9.17, 15) is 0 Å². The Bertz CT molecular complexity index is 3920. The van der Waals surface area contributed by atoms with Gasteiger partial charge in [0.05, 0.1) is 11.0 Å². The van der Waals surface area contributed by atoms with E-state index in [2.05, 4.69) is 264 Å². The maximum Gasteiger partial charge on any atom is 0.136 e. The predicted octanol–water partition coefficient (Wildman–Crippen LogP) is 18.5. The molecule has 0 aliphatic heterocycles. The maximum atomic E-state index is 6.26. The molecule has 0 aliphatic carbocycles. The van der Waals surface area contributed by atoms with Crippen LogP contribution in [0.1, 0.15) is 0 Å². The van der Waals surface area contributed by atoms with Gasteiger partial charge in [0.25, 0.3) is 0 Å². The zero-order valence-corrected chi connectivity index (χ0v) is 37.7. The van der Waals surface area contributed by atoms with Gasteiger partial charge in [-0.3, -0.25) is 0 Å². The quantitative estimate of drug-likeness (QED) is 0.144. The van der Waals surface area contributed by atoms with Crippen molar-refractivity contribution in [2.75, 3.05) is 4.90 Å². The van der Waals surface area contributed by atoms with Gasteiger partial charge in [0.2, 0.25) is 0 Å². The highest BCUT2D eigenvalue weighted by Crippen LogP contribution is 2.41. The number of fused-ring (bicyclic) bond motifs is 6. The Morgan fingerprint density at radius 3 is 1.35 bits per heavy atom. The molecule has 11 aromatic carbocycles. The van der Waals surface area contributed by atoms with Gasteiger partial charge in [-0.05, 0) is 134 Å². The minimum absolute atomic E-state index is 0.901. The van der Waals surface area contributed by atoms with Crippen molar-refractivity contribution >= 4 is 60.8 Å². The van der Waals surface area contributed by atoms with E-state index < -0.39 is 0 Å². The van der Waals surface area contributed by atoms with Gasteiger partial charge in [0, 0.05) is 44.3 Å². The summed E-state index contributed by atoms with van der Waals surface area (Å²) in [7, 11) is 0. The lowest BCUT2D eigenvalue weighted by Crippen LogP contribution is -2.10. The van der Waals surface area contributed by atoms with Crippen LogP contribution in [0.15, 0.2) is 271 Å². The minimum Gasteiger partial charge on any atom is -0.456 e. The first-order valence-electron chi connectivity index (χ1n) is 23.6. The van der Waals surface area contributed by atoms with E-state index in [0.29, 0.717) is 0 Å². The van der Waals surface area contributed by atoms with Crippen LogP contribution in [0.5, 0.6) is 0 Å². The van der Waals surface area contributed by atoms with Crippen LogP contribution in [0.2, 0.25) is 0 Å². The molecule has 0 fully saturated rings. The van der Waals surface area contributed by atoms with Gasteiger partial charge in [-0.15, -0.1) is 0 Å². The van der Waals surface area contributed by atoms with Crippen molar-refractivity contribution in [2.45, 2.75) is 0 Å². The van der Waals surface area contributed by atoms with Gasteiger partial charge in [0.15, 0.2) is 0 Å². The molecule has 0 atom stereocenters. The molecule has 0 aliphatic rings. The van der Waals surface area contributed by atoms with Gasteiger partial charge in [0.1, 0.15) is 11.2 Å². The third-order valence-electron chi connectivity index (χ3n) is 13.6. The summed E-state index contributed by atoms with van der Waals surface area (Å²) in [4.78, 5) is 2.36. The third-order valence-corrected chi connectivity index (χ3v) is 13.6. The van der Waals surface area contributed by atoms with Gasteiger partial charge >= 0.3 is 0 Å². The van der Waals surface area contributed by atoms with Crippen LogP contribution in [-0.2, 0) is 0 Å². The first kappa shape index (κ1) is 40.1. The summed E-state index contributed by atoms with van der Waals surface area (Å²) in [6, 6.07) is 96.1. The minimum atomic E-state index is 0.901. The SMILES string of the molecule is c1ccc(-c2ccc(-c3cccc(N(c4ccc(-c5ccc(-n6c7ccccc7c7ccccc76)cc5)cc4)c4ccc(-c5cccc(-c6cccc7oc8ccccc8c67)c5)cc4)c3)cc2)cc1. The molecule has 13 rings (SSSR count). The standard InChI is InChI=1S/C66H44N2O/c1-2-13-45(14-3-1)46-27-29-49(30-28-46)52-16-11-18-57(44-52)67(54-37-31-47(32-38-54)48-33-41-56(42-34-48)68-62-23-7-4-19-59(62)60-20-5-8-24-63(60)68)55-39-35-50(36-40-55)51-15-10-17-53(43-51)58-22-12-26-65-66(58)61-21-6-9-25-64(61)69-65/h1-44H. The summed E-state index contributed by atoms with van der Waals surface area (Å²) in [5.41, 5.74) is 20.3. The number of aromatic nitrogens is 1. The molecular formula is C66H44N2O. The summed E-state index contributed by atoms with van der Waals surface area (Å²) >= 11 is 0. The van der Waals surface area contributed by atoms with Crippen LogP contribution in [0.3, 0.4) is 0 Å². The molecule has 0 spiro atoms. The van der Waals surface area contributed by atoms with Crippen molar-refractivity contribution in [1.29, 1.82) is 0 Å². The zero-order chi connectivity index (χ0) is 45.7. The molecule has 324 valence electrons. The van der Waals surface area contributed by atoms with E-state index in [1.165, 1.54) is 49.6 Å². The molecule has 0 unspecified atom stereocenters. The maximum absolute atomic E-state index is 6.26. The number of rotatable bonds is 9. The number of hydrogen-bond acceptors (Lipinski definition) is 2. The zero-order valence-electron chi connectivity index (χ0n) is 37.7. The lowest BCUT2D eigenvalue weighted by Gasteiger charge is -2.26. The summed E-state index contributed by atoms with van der Waals surface area (Å²) in [6.45, 7) is 0. The lowest BCUT2D eigenvalue weighted by atomic mass is 9.96. The Kier molecular flexibility index (Phi) is 9.84. The Morgan fingerprint density at radius 1 is 0.275 bits per heavy atom. The van der Waals surface area contributed by atoms with Crippen molar-refractivity contribution in [3.63, 3.8) is 0 Å². The highest BCUT2D eigenvalue weighted by molar-refractivity contribution is 6.12. The van der Waals surface area contributed by atoms with E-state index in [4.69, 9.17) is 4.42 Å². The van der Waals surface area contributed by atoms with Crippen molar-refractivity contribution in [1.82, 2.24) is 4.57 Å². The van der Waals surface area contributed by atoms with Crippen LogP contribution < -0.4 is 4.90 Å². The Labute approximate surface area is 401 Å². The van der Waals surface area contributed by atoms with Crippen molar-refractivity contribution in [3.8, 4) is 61.3 Å². The van der Waals surface area contributed by atoms with E-state index in [1.807, 2.05) is 12.1 Å². The second-order valence-electron chi connectivity index (χ2n) is 17.7. The number of nitrogens with zero attached hydrogens (tertiary/aromatic N) is 2. The summed E-state index contributed by atoms with van der Waals surface area (Å²) in [5, 5.41) is 4.81. The average molecular weight is 881 g/mol. The largest absolute Gasteiger partial charge is 0.456 e. The summed E-state index contributed by atoms with van der Waals surface area (Å²) in [5.74, 6) is 0. The molecule has 2 aromatic heterocycles. The predicted molar refractivity (Wildman–Crippen MR) is 290 cm³/mol. The molecule has 3 nitrogen and oxygen atoms in total. The first-order valence-corrected chi connectivity index (χ1v) is 23.6. The third kappa shape index (κ3) is 7.25. The fourth-order valence-electron chi connectivity index (χ4n) is 10.2. The lowest BCUT2D eigenvalue weighted by molar-refractivity contribution is 0.669. The molecule has 69 heavy (non-hydrogen) atoms. The summed E-state index contributed by atoms with van der Waals surface area (Å²) in [6.07, 6.45) is 0. The molecule has 0 saturated carbocycles. The fraction of sp³-hybridized carbons (Fsp3) is 0. The van der Waals surface area contributed by atoms with Gasteiger partial charge in [-0.2, -0.15) is 0 Å². The fourth-order valence-corrected chi connectivity index (χ4v) is 10.2.